The van der Waals surface area contributed by atoms with Crippen molar-refractivity contribution in [1.29, 1.82) is 0 Å². The van der Waals surface area contributed by atoms with Crippen molar-refractivity contribution in [2.24, 2.45) is 0 Å². The smallest absolute Gasteiger partial charge is 0.339 e. The quantitative estimate of drug-likeness (QED) is 0.498. The Morgan fingerprint density at radius 1 is 1.25 bits per heavy atom. The second kappa shape index (κ2) is 6.37. The summed E-state index contributed by atoms with van der Waals surface area (Å²) in [4.78, 5) is 22.6. The van der Waals surface area contributed by atoms with Gasteiger partial charge in [0.25, 0.3) is 0 Å². The highest BCUT2D eigenvalue weighted by molar-refractivity contribution is 6.45. The van der Waals surface area contributed by atoms with Crippen molar-refractivity contribution in [1.82, 2.24) is 0 Å². The van der Waals surface area contributed by atoms with Crippen molar-refractivity contribution >= 4 is 23.4 Å². The lowest BCUT2D eigenvalue weighted by molar-refractivity contribution is -0.150. The Balaban J connectivity index is 3.21. The molecule has 0 aliphatic rings. The van der Waals surface area contributed by atoms with Crippen molar-refractivity contribution in [2.75, 3.05) is 6.61 Å². The molecule has 20 heavy (non-hydrogen) atoms. The minimum absolute atomic E-state index is 0.121. The van der Waals surface area contributed by atoms with Gasteiger partial charge in [-0.15, -0.1) is 0 Å². The van der Waals surface area contributed by atoms with E-state index in [1.165, 1.54) is 13.8 Å². The first-order chi connectivity index (χ1) is 9.21. The van der Waals surface area contributed by atoms with Crippen LogP contribution in [0.15, 0.2) is 30.3 Å². The van der Waals surface area contributed by atoms with Crippen LogP contribution in [0, 0.1) is 0 Å². The summed E-state index contributed by atoms with van der Waals surface area (Å²) in [6.07, 6.45) is -0.246. The summed E-state index contributed by atoms with van der Waals surface area (Å²) in [6, 6.07) is 8.30. The third kappa shape index (κ3) is 3.81. The van der Waals surface area contributed by atoms with Crippen molar-refractivity contribution in [2.45, 2.75) is 37.7 Å². The molecule has 1 atom stereocenters. The number of benzene rings is 1. The van der Waals surface area contributed by atoms with Crippen LogP contribution in [0.1, 0.15) is 32.8 Å². The summed E-state index contributed by atoms with van der Waals surface area (Å²) in [5, 5.41) is 9.78. The van der Waals surface area contributed by atoms with E-state index < -0.39 is 22.2 Å². The zero-order chi connectivity index (χ0) is 15.4. The summed E-state index contributed by atoms with van der Waals surface area (Å²) < 4.78 is 4.92. The fourth-order valence-electron chi connectivity index (χ4n) is 1.81. The molecule has 1 rings (SSSR count). The normalized spacial score (nSPS) is 14.4. The maximum absolute atomic E-state index is 12.4. The van der Waals surface area contributed by atoms with E-state index in [1.54, 1.807) is 37.3 Å². The zero-order valence-corrected chi connectivity index (χ0v) is 12.6. The number of alkyl halides is 1. The standard InChI is InChI=1S/C15H19ClO4/c1-4-20-13(18)15(16,11-8-6-5-7-9-11)12(17)10-14(2,3)19/h5-9,19H,4,10H2,1-3H3. The highest BCUT2D eigenvalue weighted by atomic mass is 35.5. The van der Waals surface area contributed by atoms with Gasteiger partial charge in [0.05, 0.1) is 12.2 Å². The molecule has 5 heteroatoms. The molecule has 0 heterocycles. The number of carbonyl (C=O) groups excluding carboxylic acids is 2. The third-order valence-electron chi connectivity index (χ3n) is 2.71. The lowest BCUT2D eigenvalue weighted by Gasteiger charge is -2.27. The number of halogens is 1. The predicted molar refractivity (Wildman–Crippen MR) is 76.5 cm³/mol. The van der Waals surface area contributed by atoms with Gasteiger partial charge in [-0.2, -0.15) is 0 Å². The molecule has 0 saturated carbocycles. The molecule has 0 spiro atoms. The van der Waals surface area contributed by atoms with Crippen LogP contribution in [0.5, 0.6) is 0 Å². The number of ether oxygens (including phenoxy) is 1. The van der Waals surface area contributed by atoms with E-state index in [0.29, 0.717) is 5.56 Å². The van der Waals surface area contributed by atoms with Gasteiger partial charge in [0.2, 0.25) is 4.87 Å². The average molecular weight is 299 g/mol. The Bertz CT molecular complexity index is 478. The maximum Gasteiger partial charge on any atom is 0.339 e. The summed E-state index contributed by atoms with van der Waals surface area (Å²) >= 11 is 6.32. The Labute approximate surface area is 123 Å². The van der Waals surface area contributed by atoms with Crippen LogP contribution < -0.4 is 0 Å². The third-order valence-corrected chi connectivity index (χ3v) is 3.29. The topological polar surface area (TPSA) is 63.6 Å². The Kier molecular flexibility index (Phi) is 5.31. The molecule has 4 nitrogen and oxygen atoms in total. The van der Waals surface area contributed by atoms with Crippen LogP contribution in [0.4, 0.5) is 0 Å². The second-order valence-corrected chi connectivity index (χ2v) is 5.72. The van der Waals surface area contributed by atoms with Crippen LogP contribution in [-0.2, 0) is 19.2 Å². The molecule has 0 bridgehead atoms. The highest BCUT2D eigenvalue weighted by Crippen LogP contribution is 2.34. The van der Waals surface area contributed by atoms with Gasteiger partial charge in [0.15, 0.2) is 5.78 Å². The Hall–Kier alpha value is -1.39. The molecule has 0 radical (unpaired) electrons. The number of Topliss-reactive ketones (excluding diaryl/α,β-unsaturated/α-hetero) is 1. The highest BCUT2D eigenvalue weighted by Gasteiger charge is 2.48. The minimum atomic E-state index is -1.92. The molecular formula is C15H19ClO4. The predicted octanol–water partition coefficient (Wildman–Crippen LogP) is 2.41. The zero-order valence-electron chi connectivity index (χ0n) is 11.9. The number of aliphatic hydroxyl groups is 1. The Morgan fingerprint density at radius 3 is 2.25 bits per heavy atom. The molecule has 0 aromatic heterocycles. The SMILES string of the molecule is CCOC(=O)C(Cl)(C(=O)CC(C)(C)O)c1ccccc1. The summed E-state index contributed by atoms with van der Waals surface area (Å²) in [5.41, 5.74) is -0.909. The van der Waals surface area contributed by atoms with Crippen molar-refractivity contribution in [3.05, 3.63) is 35.9 Å². The molecule has 1 N–H and O–H groups in total. The first-order valence-corrected chi connectivity index (χ1v) is 6.77. The van der Waals surface area contributed by atoms with Gasteiger partial charge in [-0.25, -0.2) is 4.79 Å². The summed E-state index contributed by atoms with van der Waals surface area (Å²) in [6.45, 7) is 4.73. The van der Waals surface area contributed by atoms with E-state index >= 15 is 0 Å². The van der Waals surface area contributed by atoms with Gasteiger partial charge in [-0.05, 0) is 26.3 Å². The molecule has 0 saturated heterocycles. The number of ketones is 1. The molecule has 110 valence electrons. The molecule has 1 unspecified atom stereocenters. The van der Waals surface area contributed by atoms with Crippen LogP contribution in [0.2, 0.25) is 0 Å². The molecular weight excluding hydrogens is 280 g/mol. The first-order valence-electron chi connectivity index (χ1n) is 6.39. The summed E-state index contributed by atoms with van der Waals surface area (Å²) in [7, 11) is 0. The lowest BCUT2D eigenvalue weighted by atomic mass is 9.87. The maximum atomic E-state index is 12.4. The van der Waals surface area contributed by atoms with Gasteiger partial charge in [0, 0.05) is 6.42 Å². The number of hydrogen-bond donors (Lipinski definition) is 1. The van der Waals surface area contributed by atoms with E-state index in [0.717, 1.165) is 0 Å². The van der Waals surface area contributed by atoms with Crippen LogP contribution >= 0.6 is 11.6 Å². The summed E-state index contributed by atoms with van der Waals surface area (Å²) in [5.74, 6) is -1.40. The van der Waals surface area contributed by atoms with Gasteiger partial charge in [-0.3, -0.25) is 4.79 Å². The van der Waals surface area contributed by atoms with E-state index in [9.17, 15) is 14.7 Å². The molecule has 0 fully saturated rings. The van der Waals surface area contributed by atoms with Gasteiger partial charge < -0.3 is 9.84 Å². The molecule has 0 amide bonds. The van der Waals surface area contributed by atoms with Crippen molar-refractivity contribution < 1.29 is 19.4 Å². The van der Waals surface area contributed by atoms with Crippen LogP contribution in [0.3, 0.4) is 0 Å². The van der Waals surface area contributed by atoms with Crippen LogP contribution in [0.25, 0.3) is 0 Å². The number of rotatable bonds is 6. The van der Waals surface area contributed by atoms with Gasteiger partial charge in [-0.1, -0.05) is 41.9 Å². The van der Waals surface area contributed by atoms with Crippen molar-refractivity contribution in [3.63, 3.8) is 0 Å². The monoisotopic (exact) mass is 298 g/mol. The minimum Gasteiger partial charge on any atom is -0.464 e. The fourth-order valence-corrected chi connectivity index (χ4v) is 2.05. The largest absolute Gasteiger partial charge is 0.464 e. The second-order valence-electron chi connectivity index (χ2n) is 5.16. The van der Waals surface area contributed by atoms with E-state index in [4.69, 9.17) is 16.3 Å². The molecule has 1 aromatic carbocycles. The van der Waals surface area contributed by atoms with E-state index in [2.05, 4.69) is 0 Å². The van der Waals surface area contributed by atoms with Crippen LogP contribution in [-0.4, -0.2) is 29.1 Å². The fraction of sp³-hybridized carbons (Fsp3) is 0.467. The average Bonchev–Trinajstić information content (AvgIpc) is 2.37. The number of hydrogen-bond acceptors (Lipinski definition) is 4. The molecule has 0 aliphatic heterocycles. The van der Waals surface area contributed by atoms with Gasteiger partial charge in [0.1, 0.15) is 0 Å². The molecule has 1 aromatic rings. The Morgan fingerprint density at radius 2 is 1.80 bits per heavy atom. The lowest BCUT2D eigenvalue weighted by Crippen LogP contribution is -2.43. The van der Waals surface area contributed by atoms with Crippen molar-refractivity contribution in [3.8, 4) is 0 Å². The first kappa shape index (κ1) is 16.7. The van der Waals surface area contributed by atoms with E-state index in [-0.39, 0.29) is 13.0 Å². The molecule has 0 aliphatic carbocycles. The van der Waals surface area contributed by atoms with E-state index in [1.807, 2.05) is 0 Å². The number of carbonyl (C=O) groups is 2. The van der Waals surface area contributed by atoms with Gasteiger partial charge >= 0.3 is 5.97 Å². The number of esters is 1.